The zero-order chi connectivity index (χ0) is 11.3. The third kappa shape index (κ3) is 3.47. The van der Waals surface area contributed by atoms with Gasteiger partial charge in [-0.2, -0.15) is 0 Å². The van der Waals surface area contributed by atoms with E-state index in [1.54, 1.807) is 7.11 Å². The molecule has 0 aromatic carbocycles. The molecule has 1 aliphatic rings. The third-order valence-electron chi connectivity index (χ3n) is 3.31. The Bertz CT molecular complexity index is 200. The van der Waals surface area contributed by atoms with Crippen LogP contribution in [0.4, 0.5) is 0 Å². The molecule has 0 aromatic heterocycles. The second-order valence-electron chi connectivity index (χ2n) is 4.17. The number of ether oxygens (including phenoxy) is 1. The Hall–Kier alpha value is -0.610. The number of carboxylic acids is 1. The van der Waals surface area contributed by atoms with Crippen molar-refractivity contribution in [3.63, 3.8) is 0 Å². The monoisotopic (exact) mass is 215 g/mol. The molecule has 1 N–H and O–H groups in total. The third-order valence-corrected chi connectivity index (χ3v) is 3.31. The molecular weight excluding hydrogens is 194 g/mol. The standard InChI is InChI=1S/C11H21NO3/c1-3-12-6-4-9(5-7-12)10(8-15-2)11(13)14/h9-10H,3-8H2,1-2H3,(H,13,14). The van der Waals surface area contributed by atoms with E-state index in [9.17, 15) is 4.79 Å². The summed E-state index contributed by atoms with van der Waals surface area (Å²) in [5.74, 6) is -0.758. The minimum atomic E-state index is -0.716. The zero-order valence-corrected chi connectivity index (χ0v) is 9.61. The van der Waals surface area contributed by atoms with Crippen LogP contribution in [0.3, 0.4) is 0 Å². The molecule has 88 valence electrons. The van der Waals surface area contributed by atoms with Crippen LogP contribution in [0, 0.1) is 11.8 Å². The van der Waals surface area contributed by atoms with Gasteiger partial charge in [-0.25, -0.2) is 0 Å². The first-order valence-corrected chi connectivity index (χ1v) is 5.63. The first-order chi connectivity index (χ1) is 7.19. The van der Waals surface area contributed by atoms with Gasteiger partial charge in [-0.3, -0.25) is 4.79 Å². The molecule has 0 bridgehead atoms. The summed E-state index contributed by atoms with van der Waals surface area (Å²) in [6.45, 7) is 5.59. The Balaban J connectivity index is 2.45. The Kier molecular flexibility index (Phi) is 5.05. The molecule has 1 rings (SSSR count). The second-order valence-corrected chi connectivity index (χ2v) is 4.17. The van der Waals surface area contributed by atoms with Crippen LogP contribution in [0.25, 0.3) is 0 Å². The fourth-order valence-electron chi connectivity index (χ4n) is 2.26. The first kappa shape index (κ1) is 12.5. The molecule has 4 heteroatoms. The second kappa shape index (κ2) is 6.08. The molecule has 0 spiro atoms. The van der Waals surface area contributed by atoms with Gasteiger partial charge in [0.15, 0.2) is 0 Å². The van der Waals surface area contributed by atoms with Gasteiger partial charge in [0.1, 0.15) is 0 Å². The number of nitrogens with zero attached hydrogens (tertiary/aromatic N) is 1. The number of carbonyl (C=O) groups is 1. The van der Waals surface area contributed by atoms with Crippen molar-refractivity contribution in [2.75, 3.05) is 33.4 Å². The summed E-state index contributed by atoms with van der Waals surface area (Å²) in [5, 5.41) is 9.09. The van der Waals surface area contributed by atoms with Crippen LogP contribution >= 0.6 is 0 Å². The number of aliphatic carboxylic acids is 1. The largest absolute Gasteiger partial charge is 0.481 e. The molecule has 0 aliphatic carbocycles. The lowest BCUT2D eigenvalue weighted by Crippen LogP contribution is -2.39. The maximum absolute atomic E-state index is 11.0. The van der Waals surface area contributed by atoms with E-state index in [1.165, 1.54) is 0 Å². The van der Waals surface area contributed by atoms with Crippen molar-refractivity contribution < 1.29 is 14.6 Å². The highest BCUT2D eigenvalue weighted by molar-refractivity contribution is 5.70. The van der Waals surface area contributed by atoms with E-state index in [1.807, 2.05) is 0 Å². The van der Waals surface area contributed by atoms with Gasteiger partial charge in [0, 0.05) is 7.11 Å². The molecule has 0 aromatic rings. The van der Waals surface area contributed by atoms with Crippen LogP contribution in [0.1, 0.15) is 19.8 Å². The van der Waals surface area contributed by atoms with Gasteiger partial charge < -0.3 is 14.7 Å². The number of carboxylic acid groups (broad SMARTS) is 1. The molecule has 0 saturated carbocycles. The fraction of sp³-hybridized carbons (Fsp3) is 0.909. The molecule has 1 fully saturated rings. The van der Waals surface area contributed by atoms with Crippen LogP contribution in [0.5, 0.6) is 0 Å². The quantitative estimate of drug-likeness (QED) is 0.745. The van der Waals surface area contributed by atoms with E-state index in [-0.39, 0.29) is 11.8 Å². The molecule has 4 nitrogen and oxygen atoms in total. The van der Waals surface area contributed by atoms with Crippen LogP contribution in [-0.2, 0) is 9.53 Å². The summed E-state index contributed by atoms with van der Waals surface area (Å²) in [5.41, 5.74) is 0. The average molecular weight is 215 g/mol. The minimum absolute atomic E-state index is 0.283. The highest BCUT2D eigenvalue weighted by Crippen LogP contribution is 2.25. The van der Waals surface area contributed by atoms with Gasteiger partial charge in [0.2, 0.25) is 0 Å². The van der Waals surface area contributed by atoms with Crippen molar-refractivity contribution in [1.82, 2.24) is 4.90 Å². The van der Waals surface area contributed by atoms with E-state index in [0.29, 0.717) is 6.61 Å². The SMILES string of the molecule is CCN1CCC(C(COC)C(=O)O)CC1. The Morgan fingerprint density at radius 1 is 1.53 bits per heavy atom. The Morgan fingerprint density at radius 2 is 2.13 bits per heavy atom. The lowest BCUT2D eigenvalue weighted by Gasteiger charge is -2.33. The van der Waals surface area contributed by atoms with Gasteiger partial charge in [-0.15, -0.1) is 0 Å². The lowest BCUT2D eigenvalue weighted by molar-refractivity contribution is -0.146. The molecule has 15 heavy (non-hydrogen) atoms. The van der Waals surface area contributed by atoms with Crippen LogP contribution in [0.2, 0.25) is 0 Å². The summed E-state index contributed by atoms with van der Waals surface area (Å²) >= 11 is 0. The van der Waals surface area contributed by atoms with Gasteiger partial charge in [-0.05, 0) is 38.4 Å². The summed E-state index contributed by atoms with van der Waals surface area (Å²) in [6, 6.07) is 0. The van der Waals surface area contributed by atoms with Crippen molar-refractivity contribution in [1.29, 1.82) is 0 Å². The number of hydrogen-bond acceptors (Lipinski definition) is 3. The van der Waals surface area contributed by atoms with E-state index in [2.05, 4.69) is 11.8 Å². The molecule has 1 saturated heterocycles. The molecule has 0 radical (unpaired) electrons. The number of piperidine rings is 1. The normalized spacial score (nSPS) is 21.5. The Labute approximate surface area is 91.2 Å². The number of hydrogen-bond donors (Lipinski definition) is 1. The summed E-state index contributed by atoms with van der Waals surface area (Å²) in [6.07, 6.45) is 1.96. The van der Waals surface area contributed by atoms with Crippen molar-refractivity contribution in [3.05, 3.63) is 0 Å². The summed E-state index contributed by atoms with van der Waals surface area (Å²) in [4.78, 5) is 13.4. The summed E-state index contributed by atoms with van der Waals surface area (Å²) < 4.78 is 4.98. The zero-order valence-electron chi connectivity index (χ0n) is 9.61. The topological polar surface area (TPSA) is 49.8 Å². The maximum atomic E-state index is 11.0. The minimum Gasteiger partial charge on any atom is -0.481 e. The number of methoxy groups -OCH3 is 1. The molecule has 1 aliphatic heterocycles. The first-order valence-electron chi connectivity index (χ1n) is 5.63. The van der Waals surface area contributed by atoms with E-state index < -0.39 is 5.97 Å². The predicted octanol–water partition coefficient (Wildman–Crippen LogP) is 1.07. The van der Waals surface area contributed by atoms with Gasteiger partial charge >= 0.3 is 5.97 Å². The van der Waals surface area contributed by atoms with Crippen LogP contribution in [-0.4, -0.2) is 49.3 Å². The predicted molar refractivity (Wildman–Crippen MR) is 57.8 cm³/mol. The average Bonchev–Trinajstić information content (AvgIpc) is 2.26. The Morgan fingerprint density at radius 3 is 2.53 bits per heavy atom. The van der Waals surface area contributed by atoms with Crippen LogP contribution < -0.4 is 0 Å². The molecule has 1 atom stereocenters. The molecule has 0 amide bonds. The van der Waals surface area contributed by atoms with Crippen LogP contribution in [0.15, 0.2) is 0 Å². The lowest BCUT2D eigenvalue weighted by atomic mass is 9.84. The van der Waals surface area contributed by atoms with Crippen molar-refractivity contribution in [3.8, 4) is 0 Å². The molecule has 1 heterocycles. The van der Waals surface area contributed by atoms with Gasteiger partial charge in [0.25, 0.3) is 0 Å². The highest BCUT2D eigenvalue weighted by atomic mass is 16.5. The van der Waals surface area contributed by atoms with Crippen molar-refractivity contribution in [2.24, 2.45) is 11.8 Å². The molecule has 1 unspecified atom stereocenters. The molecular formula is C11H21NO3. The summed E-state index contributed by atoms with van der Waals surface area (Å²) in [7, 11) is 1.57. The van der Waals surface area contributed by atoms with Gasteiger partial charge in [0.05, 0.1) is 12.5 Å². The maximum Gasteiger partial charge on any atom is 0.309 e. The number of likely N-dealkylation sites (tertiary alicyclic amines) is 1. The van der Waals surface area contributed by atoms with Crippen molar-refractivity contribution >= 4 is 5.97 Å². The fourth-order valence-corrected chi connectivity index (χ4v) is 2.26. The number of rotatable bonds is 5. The van der Waals surface area contributed by atoms with Gasteiger partial charge in [-0.1, -0.05) is 6.92 Å². The van der Waals surface area contributed by atoms with E-state index in [0.717, 1.165) is 32.5 Å². The highest BCUT2D eigenvalue weighted by Gasteiger charge is 2.30. The van der Waals surface area contributed by atoms with Crippen molar-refractivity contribution in [2.45, 2.75) is 19.8 Å². The van der Waals surface area contributed by atoms with E-state index >= 15 is 0 Å². The smallest absolute Gasteiger partial charge is 0.309 e. The van der Waals surface area contributed by atoms with E-state index in [4.69, 9.17) is 9.84 Å².